The van der Waals surface area contributed by atoms with Gasteiger partial charge in [0.2, 0.25) is 0 Å². The molecule has 4 aromatic rings. The molecule has 0 radical (unpaired) electrons. The van der Waals surface area contributed by atoms with Gasteiger partial charge in [-0.15, -0.1) is 0 Å². The lowest BCUT2D eigenvalue weighted by Gasteiger charge is -2.13. The first-order valence-electron chi connectivity index (χ1n) is 9.87. The lowest BCUT2D eigenvalue weighted by atomic mass is 10.2. The first-order chi connectivity index (χ1) is 15.4. The molecule has 0 fully saturated rings. The van der Waals surface area contributed by atoms with Crippen molar-refractivity contribution in [3.05, 3.63) is 108 Å². The van der Waals surface area contributed by atoms with Gasteiger partial charge in [0.1, 0.15) is 13.2 Å². The van der Waals surface area contributed by atoms with Crippen molar-refractivity contribution in [3.63, 3.8) is 0 Å². The summed E-state index contributed by atoms with van der Waals surface area (Å²) in [4.78, 5) is 8.52. The lowest BCUT2D eigenvalue weighted by molar-refractivity contribution is 0.276. The topological polar surface area (TPSA) is 62.7 Å². The summed E-state index contributed by atoms with van der Waals surface area (Å²) in [5.74, 6) is 1.80. The molecule has 2 aromatic carbocycles. The summed E-state index contributed by atoms with van der Waals surface area (Å²) in [6.45, 7) is 0.796. The predicted octanol–water partition coefficient (Wildman–Crippen LogP) is 4.36. The van der Waals surface area contributed by atoms with Gasteiger partial charge in [-0.25, -0.2) is 9.97 Å². The second kappa shape index (κ2) is 10.7. The van der Waals surface area contributed by atoms with Crippen molar-refractivity contribution in [1.82, 2.24) is 9.97 Å². The second-order valence-corrected chi connectivity index (χ2v) is 6.57. The fourth-order valence-corrected chi connectivity index (χ4v) is 2.80. The van der Waals surface area contributed by atoms with Gasteiger partial charge in [0, 0.05) is 12.4 Å². The fourth-order valence-electron chi connectivity index (χ4n) is 2.80. The van der Waals surface area contributed by atoms with E-state index in [-0.39, 0.29) is 7.69 Å². The number of benzene rings is 2. The predicted molar refractivity (Wildman–Crippen MR) is 118 cm³/mol. The lowest BCUT2D eigenvalue weighted by Crippen LogP contribution is -2.13. The minimum atomic E-state index is -0.0409. The van der Waals surface area contributed by atoms with E-state index >= 15 is 0 Å². The van der Waals surface area contributed by atoms with Crippen LogP contribution in [0.5, 0.6) is 23.3 Å². The molecule has 2 heterocycles. The molecule has 0 unspecified atom stereocenters. The Morgan fingerprint density at radius 1 is 0.548 bits per heavy atom. The van der Waals surface area contributed by atoms with E-state index in [2.05, 4.69) is 9.97 Å². The van der Waals surface area contributed by atoms with E-state index in [9.17, 15) is 0 Å². The highest BCUT2D eigenvalue weighted by Gasteiger charge is 2.11. The molecular weight excluding hydrogens is 391 g/mol. The molecule has 0 N–H and O–H groups in total. The molecule has 0 saturated carbocycles. The Morgan fingerprint density at radius 3 is 1.45 bits per heavy atom. The van der Waals surface area contributed by atoms with Crippen molar-refractivity contribution in [2.24, 2.45) is 0 Å². The van der Waals surface area contributed by atoms with Crippen LogP contribution in [0.2, 0.25) is 0 Å². The van der Waals surface area contributed by atoms with Crippen LogP contribution in [0, 0.1) is 0 Å². The molecule has 0 amide bonds. The summed E-state index contributed by atoms with van der Waals surface area (Å²) in [6.07, 6.45) is 3.31. The normalized spacial score (nSPS) is 10.2. The first kappa shape index (κ1) is 20.3. The summed E-state index contributed by atoms with van der Waals surface area (Å²) in [7, 11) is -0.0409. The molecule has 0 aliphatic rings. The molecule has 0 aliphatic carbocycles. The van der Waals surface area contributed by atoms with Gasteiger partial charge in [-0.1, -0.05) is 60.7 Å². The zero-order valence-electron chi connectivity index (χ0n) is 16.9. The third-order valence-electron chi connectivity index (χ3n) is 4.34. The van der Waals surface area contributed by atoms with E-state index in [1.807, 2.05) is 60.7 Å². The van der Waals surface area contributed by atoms with Gasteiger partial charge in [0.05, 0.1) is 0 Å². The van der Waals surface area contributed by atoms with Crippen molar-refractivity contribution in [2.45, 2.75) is 13.2 Å². The number of hydrogen-bond donors (Lipinski definition) is 0. The molecule has 31 heavy (non-hydrogen) atoms. The van der Waals surface area contributed by atoms with Crippen LogP contribution in [0.1, 0.15) is 11.1 Å². The van der Waals surface area contributed by atoms with E-state index in [1.165, 1.54) is 0 Å². The van der Waals surface area contributed by atoms with Crippen LogP contribution >= 0.6 is 0 Å². The van der Waals surface area contributed by atoms with Gasteiger partial charge >= 0.3 is 7.69 Å². The van der Waals surface area contributed by atoms with Crippen LogP contribution in [-0.2, 0) is 13.2 Å². The third-order valence-corrected chi connectivity index (χ3v) is 4.34. The summed E-state index contributed by atoms with van der Waals surface area (Å²) in [5, 5.41) is 0. The minimum Gasteiger partial charge on any atom is -0.525 e. The summed E-state index contributed by atoms with van der Waals surface area (Å²) >= 11 is 0. The zero-order valence-corrected chi connectivity index (χ0v) is 16.9. The summed E-state index contributed by atoms with van der Waals surface area (Å²) in [6, 6.07) is 26.9. The first-order valence-corrected chi connectivity index (χ1v) is 9.87. The summed E-state index contributed by atoms with van der Waals surface area (Å²) in [5.41, 5.74) is 2.09. The molecule has 0 spiro atoms. The van der Waals surface area contributed by atoms with Crippen LogP contribution in [0.15, 0.2) is 97.3 Å². The van der Waals surface area contributed by atoms with Crippen LogP contribution in [0.4, 0.5) is 0 Å². The number of nitrogens with zero attached hydrogens (tertiary/aromatic N) is 2. The van der Waals surface area contributed by atoms with Crippen LogP contribution < -0.4 is 18.8 Å². The van der Waals surface area contributed by atoms with Gasteiger partial charge in [0.25, 0.3) is 11.8 Å². The molecule has 4 rings (SSSR count). The van der Waals surface area contributed by atoms with E-state index in [1.54, 1.807) is 36.7 Å². The van der Waals surface area contributed by atoms with Gasteiger partial charge in [-0.2, -0.15) is 0 Å². The Hall–Kier alpha value is -4.00. The minimum absolute atomic E-state index is 0.0409. The Kier molecular flexibility index (Phi) is 6.99. The number of pyridine rings is 2. The highest BCUT2D eigenvalue weighted by Crippen LogP contribution is 2.26. The van der Waals surface area contributed by atoms with E-state index in [0.717, 1.165) is 11.1 Å². The van der Waals surface area contributed by atoms with E-state index in [0.29, 0.717) is 36.5 Å². The number of hydrogen-bond acceptors (Lipinski definition) is 6. The highest BCUT2D eigenvalue weighted by molar-refractivity contribution is 6.21. The van der Waals surface area contributed by atoms with Crippen molar-refractivity contribution in [2.75, 3.05) is 0 Å². The molecule has 0 saturated heterocycles. The van der Waals surface area contributed by atoms with Gasteiger partial charge in [-0.05, 0) is 35.4 Å². The van der Waals surface area contributed by atoms with E-state index < -0.39 is 0 Å². The van der Waals surface area contributed by atoms with Crippen molar-refractivity contribution < 1.29 is 18.8 Å². The third kappa shape index (κ3) is 5.99. The fraction of sp³-hybridized carbons (Fsp3) is 0.0833. The maximum absolute atomic E-state index is 5.81. The van der Waals surface area contributed by atoms with Crippen LogP contribution in [0.25, 0.3) is 0 Å². The highest BCUT2D eigenvalue weighted by atomic mass is 16.6. The number of rotatable bonds is 10. The van der Waals surface area contributed by atoms with Gasteiger partial charge in [-0.3, -0.25) is 0 Å². The molecule has 0 aliphatic heterocycles. The Labute approximate surface area is 181 Å². The quantitative estimate of drug-likeness (QED) is 0.361. The Bertz CT molecular complexity index is 994. The van der Waals surface area contributed by atoms with Crippen LogP contribution in [0.3, 0.4) is 0 Å². The molecule has 2 aromatic heterocycles. The zero-order chi connectivity index (χ0) is 21.1. The average molecular weight is 412 g/mol. The molecule has 154 valence electrons. The number of aromatic nitrogens is 2. The molecular formula is C24H21BN2O4. The molecule has 7 heteroatoms. The van der Waals surface area contributed by atoms with Gasteiger partial charge < -0.3 is 18.8 Å². The Balaban J connectivity index is 1.33. The van der Waals surface area contributed by atoms with Crippen molar-refractivity contribution in [3.8, 4) is 23.3 Å². The van der Waals surface area contributed by atoms with Crippen molar-refractivity contribution in [1.29, 1.82) is 0 Å². The standard InChI is InChI=1S/C24H21BN2O4/c1-3-9-19(10-4-1)17-28-23-21(13-7-15-26-23)30-25-31-22-14-8-16-27-24(22)29-18-20-11-5-2-6-12-20/h1-16,25H,17-18H2. The Morgan fingerprint density at radius 2 is 1.00 bits per heavy atom. The molecule has 0 bridgehead atoms. The van der Waals surface area contributed by atoms with Gasteiger partial charge in [0.15, 0.2) is 11.5 Å². The number of ether oxygens (including phenoxy) is 2. The summed E-state index contributed by atoms with van der Waals surface area (Å²) < 4.78 is 23.1. The largest absolute Gasteiger partial charge is 0.576 e. The monoisotopic (exact) mass is 412 g/mol. The van der Waals surface area contributed by atoms with Crippen molar-refractivity contribution >= 4 is 7.69 Å². The molecule has 6 nitrogen and oxygen atoms in total. The average Bonchev–Trinajstić information content (AvgIpc) is 2.84. The van der Waals surface area contributed by atoms with E-state index in [4.69, 9.17) is 18.8 Å². The van der Waals surface area contributed by atoms with Crippen LogP contribution in [-0.4, -0.2) is 17.7 Å². The smallest absolute Gasteiger partial charge is 0.525 e. The molecule has 0 atom stereocenters. The SMILES string of the molecule is B(Oc1cccnc1OCc1ccccc1)Oc1cccnc1OCc1ccccc1. The second-order valence-electron chi connectivity index (χ2n) is 6.57. The maximum Gasteiger partial charge on any atom is 0.576 e. The maximum atomic E-state index is 5.81.